The summed E-state index contributed by atoms with van der Waals surface area (Å²) < 4.78 is 0. The minimum atomic E-state index is -0.125. The number of allylic oxidation sites excluding steroid dienone is 2. The van der Waals surface area contributed by atoms with Crippen LogP contribution in [-0.4, -0.2) is 50.8 Å². The average molecular weight is 2640 g/mol. The van der Waals surface area contributed by atoms with Crippen molar-refractivity contribution >= 4 is 5.78 Å². The van der Waals surface area contributed by atoms with E-state index in [1.165, 1.54) is 97.8 Å². The molecule has 8 aromatic heterocycles. The number of benzene rings is 11. The van der Waals surface area contributed by atoms with Crippen LogP contribution >= 0.6 is 0 Å². The number of aliphatic hydroxyl groups is 1. The van der Waals surface area contributed by atoms with Crippen LogP contribution in [0.2, 0.25) is 0 Å². The maximum atomic E-state index is 10.0. The van der Waals surface area contributed by atoms with Crippen molar-refractivity contribution < 1.29 is 110 Å². The smallest absolute Gasteiger partial charge is 0.155 e. The summed E-state index contributed by atoms with van der Waals surface area (Å²) in [5.41, 5.74) is 33.2. The Bertz CT molecular complexity index is 6040. The molecule has 0 fully saturated rings. The second-order valence-corrected chi connectivity index (χ2v) is 29.8. The van der Waals surface area contributed by atoms with Crippen LogP contribution in [0.5, 0.6) is 0 Å². The maximum absolute atomic E-state index is 10.0. The van der Waals surface area contributed by atoms with Gasteiger partial charge >= 0.3 is 0 Å². The molecule has 0 aliphatic carbocycles. The Hall–Kier alpha value is -12.9. The first kappa shape index (κ1) is 110. The minimum Gasteiger partial charge on any atom is -0.512 e. The molecule has 8 heterocycles. The Kier molecular flexibility index (Phi) is 49.4. The number of aromatic nitrogens is 8. The molecule has 0 aliphatic heterocycles. The fraction of sp³-hybridized carbons (Fsp3) is 0.0840. The fourth-order valence-electron chi connectivity index (χ4n) is 13.2. The van der Waals surface area contributed by atoms with Gasteiger partial charge < -0.3 is 45.0 Å². The van der Waals surface area contributed by atoms with Crippen molar-refractivity contribution in [2.45, 2.75) is 69.2 Å². The quantitative estimate of drug-likeness (QED) is 0.0714. The van der Waals surface area contributed by atoms with Crippen molar-refractivity contribution in [3.63, 3.8) is 0 Å². The zero-order valence-electron chi connectivity index (χ0n) is 75.9. The first-order chi connectivity index (χ1) is 63.0. The Balaban J connectivity index is 0.000000233. The van der Waals surface area contributed by atoms with Crippen LogP contribution < -0.4 is 0 Å². The van der Waals surface area contributed by atoms with Gasteiger partial charge in [0.2, 0.25) is 0 Å². The van der Waals surface area contributed by atoms with Crippen molar-refractivity contribution in [2.24, 2.45) is 0 Å². The molecular weight excluding hydrogens is 2530 g/mol. The van der Waals surface area contributed by atoms with Crippen LogP contribution in [0.15, 0.2) is 425 Å². The van der Waals surface area contributed by atoms with Crippen LogP contribution in [0.4, 0.5) is 0 Å². The summed E-state index contributed by atoms with van der Waals surface area (Å²) in [5, 5.41) is 8.36. The van der Waals surface area contributed by atoms with E-state index in [-0.39, 0.29) is 112 Å². The third-order valence-corrected chi connectivity index (χ3v) is 19.7. The normalized spacial score (nSPS) is 9.82. The number of rotatable bonds is 12. The maximum Gasteiger partial charge on any atom is 0.155 e. The van der Waals surface area contributed by atoms with Crippen LogP contribution in [0, 0.1) is 104 Å². The SMILES string of the molecule is CC(=O)C=C(C)O.Cc1cc(-c2[c-]cccc2)ncc1-c1ccccc1.Cc1cc(-c2[c-]cccc2)ncc1-c1ccccc1.Cc1cc(-c2[c-]cccc2)ncc1-c1ccccc1.Cc1cc[c-]c(-c2ccccn2)c1.Cc1ccc[c-]c1-c1ccccn1.Cc1ccc[c-]c1-c1ccccn1.Cc1ccc[c-]c1-c1ccccn1.Cc1ccnc(-c2[c-]cccc2)c1.[Ir].[Ir].[Ir].[Ir].[Ir]. The van der Waals surface area contributed by atoms with Gasteiger partial charge in [0.05, 0.1) is 5.76 Å². The second kappa shape index (κ2) is 60.3. The van der Waals surface area contributed by atoms with Gasteiger partial charge in [-0.3, -0.25) is 4.79 Å². The number of nitrogens with zero attached hydrogens (tertiary/aromatic N) is 8. The van der Waals surface area contributed by atoms with Gasteiger partial charge in [0.1, 0.15) is 0 Å². The molecule has 0 amide bonds. The third-order valence-electron chi connectivity index (χ3n) is 19.7. The summed E-state index contributed by atoms with van der Waals surface area (Å²) >= 11 is 0. The molecule has 5 radical (unpaired) electrons. The molecule has 681 valence electrons. The predicted molar refractivity (Wildman–Crippen MR) is 529 cm³/mol. The van der Waals surface area contributed by atoms with Crippen molar-refractivity contribution in [3.05, 3.63) is 518 Å². The molecule has 0 bridgehead atoms. The molecule has 1 N–H and O–H groups in total. The summed E-state index contributed by atoms with van der Waals surface area (Å²) in [5.74, 6) is -0.0625. The molecule has 0 spiro atoms. The third kappa shape index (κ3) is 35.9. The summed E-state index contributed by atoms with van der Waals surface area (Å²) in [4.78, 5) is 45.1. The molecule has 11 aromatic carbocycles. The molecule has 0 aliphatic rings. The summed E-state index contributed by atoms with van der Waals surface area (Å²) in [6.07, 6.45) is 16.0. The number of ketones is 1. The van der Waals surface area contributed by atoms with Crippen molar-refractivity contribution in [3.8, 4) is 123 Å². The zero-order chi connectivity index (χ0) is 90.6. The second-order valence-electron chi connectivity index (χ2n) is 29.8. The Morgan fingerprint density at radius 3 is 0.769 bits per heavy atom. The fourth-order valence-corrected chi connectivity index (χ4v) is 13.2. The van der Waals surface area contributed by atoms with Gasteiger partial charge in [0.25, 0.3) is 0 Å². The average Bonchev–Trinajstić information content (AvgIpc) is 0.821. The molecule has 19 aromatic rings. The first-order valence-corrected chi connectivity index (χ1v) is 42.3. The standard InChI is InChI=1S/3C18H14N.5C12H10N.C5H8O2.5Ir/c3*1-14-12-18(16-10-6-3-7-11-16)19-13-17(14)15-8-4-2-5-9-15;1-10-5-4-6-11(9-10)12-7-2-3-8-13-12;3*1-10-6-2-3-7-11(10)12-8-4-5-9-13-12;1-10-7-8-13-12(9-10)11-5-3-2-4-6-11;1-4(6)3-5(2)7;;;;;/h3*2-10,12-13H,1H3;2-5,7-9H,1H3;3*2-6,8-9H,1H3;2-5,7-9H,1H3;3,6H,1-2H3;;;;;/q8*-1;;;;;;. The van der Waals surface area contributed by atoms with E-state index in [0.29, 0.717) is 0 Å². The van der Waals surface area contributed by atoms with E-state index in [1.807, 2.05) is 304 Å². The van der Waals surface area contributed by atoms with Crippen LogP contribution in [0.25, 0.3) is 123 Å². The first-order valence-electron chi connectivity index (χ1n) is 42.3. The van der Waals surface area contributed by atoms with E-state index in [0.717, 1.165) is 90.1 Å². The van der Waals surface area contributed by atoms with Gasteiger partial charge in [-0.15, -0.1) is 285 Å². The van der Waals surface area contributed by atoms with Gasteiger partial charge in [-0.1, -0.05) is 197 Å². The summed E-state index contributed by atoms with van der Waals surface area (Å²) in [6.45, 7) is 19.6. The van der Waals surface area contributed by atoms with Crippen LogP contribution in [-0.2, 0) is 105 Å². The monoisotopic (exact) mass is 2640 g/mol. The van der Waals surface area contributed by atoms with Gasteiger partial charge in [-0.25, -0.2) is 0 Å². The molecular formula is C119H100Ir5N8O2-8. The Morgan fingerprint density at radius 2 is 0.515 bits per heavy atom. The summed E-state index contributed by atoms with van der Waals surface area (Å²) in [7, 11) is 0. The molecule has 134 heavy (non-hydrogen) atoms. The molecule has 15 heteroatoms. The van der Waals surface area contributed by atoms with E-state index in [1.54, 1.807) is 24.8 Å². The predicted octanol–water partition coefficient (Wildman–Crippen LogP) is 28.9. The van der Waals surface area contributed by atoms with Crippen molar-refractivity contribution in [1.82, 2.24) is 39.9 Å². The van der Waals surface area contributed by atoms with Crippen molar-refractivity contribution in [2.75, 3.05) is 0 Å². The van der Waals surface area contributed by atoms with Crippen LogP contribution in [0.1, 0.15) is 58.4 Å². The number of carbonyl (C=O) groups excluding carboxylic acids is 1. The largest absolute Gasteiger partial charge is 0.512 e. The molecule has 0 atom stereocenters. The number of aliphatic hydroxyl groups excluding tert-OH is 1. The molecule has 0 saturated carbocycles. The van der Waals surface area contributed by atoms with E-state index < -0.39 is 0 Å². The number of carbonyl (C=O) groups is 1. The van der Waals surface area contributed by atoms with Gasteiger partial charge in [0, 0.05) is 173 Å². The van der Waals surface area contributed by atoms with Crippen molar-refractivity contribution in [1.29, 1.82) is 0 Å². The Labute approximate surface area is 859 Å². The van der Waals surface area contributed by atoms with E-state index >= 15 is 0 Å². The van der Waals surface area contributed by atoms with E-state index in [4.69, 9.17) is 5.11 Å². The molecule has 10 nitrogen and oxygen atoms in total. The molecule has 0 saturated heterocycles. The van der Waals surface area contributed by atoms with E-state index in [9.17, 15) is 4.79 Å². The number of pyridine rings is 8. The molecule has 0 unspecified atom stereocenters. The Morgan fingerprint density at radius 1 is 0.239 bits per heavy atom. The minimum absolute atomic E-state index is 0. The van der Waals surface area contributed by atoms with E-state index in [2.05, 4.69) is 229 Å². The summed E-state index contributed by atoms with van der Waals surface area (Å²) in [6, 6.07) is 146. The van der Waals surface area contributed by atoms with Gasteiger partial charge in [-0.2, -0.15) is 0 Å². The number of hydrogen-bond donors (Lipinski definition) is 1. The number of aryl methyl sites for hydroxylation is 8. The topological polar surface area (TPSA) is 140 Å². The number of hydrogen-bond acceptors (Lipinski definition) is 10. The van der Waals surface area contributed by atoms with Gasteiger partial charge in [0.15, 0.2) is 5.78 Å². The molecule has 19 rings (SSSR count). The zero-order valence-corrected chi connectivity index (χ0v) is 87.9. The van der Waals surface area contributed by atoms with Crippen LogP contribution in [0.3, 0.4) is 0 Å². The van der Waals surface area contributed by atoms with Gasteiger partial charge in [-0.05, 0) is 151 Å².